The predicted octanol–water partition coefficient (Wildman–Crippen LogP) is 3.77. The molecule has 0 spiro atoms. The number of ether oxygens (including phenoxy) is 1. The lowest BCUT2D eigenvalue weighted by Crippen LogP contribution is -2.28. The standard InChI is InChI=1S/C17H18ClNO2/c1-12(14-5-7-15(18)8-6-14)19-17(20)11-13-3-9-16(21-2)10-4-13/h3-10,12H,11H2,1-2H3,(H,19,20)/t12-/m0/s1. The number of methoxy groups -OCH3 is 1. The third-order valence-corrected chi connectivity index (χ3v) is 3.52. The second-order valence-electron chi connectivity index (χ2n) is 4.87. The Kier molecular flexibility index (Phi) is 5.23. The summed E-state index contributed by atoms with van der Waals surface area (Å²) in [5, 5.41) is 3.67. The highest BCUT2D eigenvalue weighted by atomic mass is 35.5. The van der Waals surface area contributed by atoms with Gasteiger partial charge < -0.3 is 10.1 Å². The summed E-state index contributed by atoms with van der Waals surface area (Å²) in [4.78, 5) is 12.0. The van der Waals surface area contributed by atoms with Crippen molar-refractivity contribution < 1.29 is 9.53 Å². The van der Waals surface area contributed by atoms with Crippen LogP contribution in [0.5, 0.6) is 5.75 Å². The molecule has 0 unspecified atom stereocenters. The van der Waals surface area contributed by atoms with Crippen LogP contribution >= 0.6 is 11.6 Å². The third-order valence-electron chi connectivity index (χ3n) is 3.27. The van der Waals surface area contributed by atoms with E-state index in [1.54, 1.807) is 7.11 Å². The van der Waals surface area contributed by atoms with Crippen molar-refractivity contribution in [3.8, 4) is 5.75 Å². The number of nitrogens with one attached hydrogen (secondary N) is 1. The van der Waals surface area contributed by atoms with E-state index >= 15 is 0 Å². The molecule has 0 aliphatic rings. The minimum absolute atomic E-state index is 0.0115. The van der Waals surface area contributed by atoms with Crippen LogP contribution in [0, 0.1) is 0 Å². The van der Waals surface area contributed by atoms with Gasteiger partial charge in [0.1, 0.15) is 5.75 Å². The van der Waals surface area contributed by atoms with Crippen LogP contribution in [-0.4, -0.2) is 13.0 Å². The van der Waals surface area contributed by atoms with Crippen LogP contribution in [0.3, 0.4) is 0 Å². The Labute approximate surface area is 129 Å². The van der Waals surface area contributed by atoms with Gasteiger partial charge in [-0.1, -0.05) is 35.9 Å². The van der Waals surface area contributed by atoms with Crippen molar-refractivity contribution in [3.05, 3.63) is 64.7 Å². The molecule has 1 amide bonds. The second kappa shape index (κ2) is 7.14. The molecule has 1 N–H and O–H groups in total. The molecule has 21 heavy (non-hydrogen) atoms. The molecular formula is C17H18ClNO2. The van der Waals surface area contributed by atoms with Crippen LogP contribution in [0.25, 0.3) is 0 Å². The van der Waals surface area contributed by atoms with E-state index in [1.165, 1.54) is 0 Å². The van der Waals surface area contributed by atoms with Gasteiger partial charge in [-0.05, 0) is 42.3 Å². The van der Waals surface area contributed by atoms with Crippen molar-refractivity contribution in [1.82, 2.24) is 5.32 Å². The van der Waals surface area contributed by atoms with Crippen LogP contribution in [-0.2, 0) is 11.2 Å². The van der Waals surface area contributed by atoms with E-state index in [0.717, 1.165) is 16.9 Å². The van der Waals surface area contributed by atoms with Gasteiger partial charge in [0.15, 0.2) is 0 Å². The Hall–Kier alpha value is -2.00. The topological polar surface area (TPSA) is 38.3 Å². The summed E-state index contributed by atoms with van der Waals surface area (Å²) in [6.07, 6.45) is 0.349. The fraction of sp³-hybridized carbons (Fsp3) is 0.235. The quantitative estimate of drug-likeness (QED) is 0.913. The summed E-state index contributed by atoms with van der Waals surface area (Å²) in [5.41, 5.74) is 1.99. The fourth-order valence-electron chi connectivity index (χ4n) is 2.06. The van der Waals surface area contributed by atoms with Crippen molar-refractivity contribution in [2.75, 3.05) is 7.11 Å². The maximum absolute atomic E-state index is 12.0. The zero-order valence-electron chi connectivity index (χ0n) is 12.1. The first kappa shape index (κ1) is 15.4. The van der Waals surface area contributed by atoms with Crippen LogP contribution in [0.4, 0.5) is 0 Å². The van der Waals surface area contributed by atoms with E-state index in [4.69, 9.17) is 16.3 Å². The lowest BCUT2D eigenvalue weighted by Gasteiger charge is -2.14. The summed E-state index contributed by atoms with van der Waals surface area (Å²) in [7, 11) is 1.62. The van der Waals surface area contributed by atoms with Crippen molar-refractivity contribution >= 4 is 17.5 Å². The molecule has 1 atom stereocenters. The number of rotatable bonds is 5. The maximum Gasteiger partial charge on any atom is 0.224 e. The molecule has 0 aromatic heterocycles. The molecule has 110 valence electrons. The van der Waals surface area contributed by atoms with Gasteiger partial charge >= 0.3 is 0 Å². The molecular weight excluding hydrogens is 286 g/mol. The Morgan fingerprint density at radius 2 is 1.76 bits per heavy atom. The zero-order chi connectivity index (χ0) is 15.2. The third kappa shape index (κ3) is 4.50. The smallest absolute Gasteiger partial charge is 0.224 e. The van der Waals surface area contributed by atoms with E-state index in [0.29, 0.717) is 11.4 Å². The molecule has 0 heterocycles. The van der Waals surface area contributed by atoms with Crippen LogP contribution in [0.2, 0.25) is 5.02 Å². The van der Waals surface area contributed by atoms with Crippen LogP contribution in [0.1, 0.15) is 24.1 Å². The van der Waals surface area contributed by atoms with E-state index in [9.17, 15) is 4.79 Å². The molecule has 2 aromatic carbocycles. The molecule has 0 bridgehead atoms. The van der Waals surface area contributed by atoms with Crippen molar-refractivity contribution in [1.29, 1.82) is 0 Å². The normalized spacial score (nSPS) is 11.8. The van der Waals surface area contributed by atoms with Gasteiger partial charge in [-0.2, -0.15) is 0 Å². The first-order chi connectivity index (χ1) is 10.1. The molecule has 0 saturated heterocycles. The summed E-state index contributed by atoms with van der Waals surface area (Å²) in [6.45, 7) is 1.95. The van der Waals surface area contributed by atoms with Crippen molar-refractivity contribution in [2.24, 2.45) is 0 Å². The fourth-order valence-corrected chi connectivity index (χ4v) is 2.18. The highest BCUT2D eigenvalue weighted by Crippen LogP contribution is 2.16. The zero-order valence-corrected chi connectivity index (χ0v) is 12.9. The Morgan fingerprint density at radius 1 is 1.14 bits per heavy atom. The Balaban J connectivity index is 1.92. The number of carbonyl (C=O) groups is 1. The lowest BCUT2D eigenvalue weighted by molar-refractivity contribution is -0.121. The van der Waals surface area contributed by atoms with E-state index < -0.39 is 0 Å². The first-order valence-electron chi connectivity index (χ1n) is 6.76. The van der Waals surface area contributed by atoms with Gasteiger partial charge in [-0.15, -0.1) is 0 Å². The summed E-state index contributed by atoms with van der Waals surface area (Å²) < 4.78 is 5.09. The van der Waals surface area contributed by atoms with Gasteiger partial charge in [0.25, 0.3) is 0 Å². The SMILES string of the molecule is COc1ccc(CC(=O)N[C@@H](C)c2ccc(Cl)cc2)cc1. The largest absolute Gasteiger partial charge is 0.497 e. The minimum Gasteiger partial charge on any atom is -0.497 e. The number of amides is 1. The first-order valence-corrected chi connectivity index (χ1v) is 7.14. The van der Waals surface area contributed by atoms with Gasteiger partial charge in [-0.3, -0.25) is 4.79 Å². The van der Waals surface area contributed by atoms with E-state index in [2.05, 4.69) is 5.32 Å². The molecule has 0 radical (unpaired) electrons. The highest BCUT2D eigenvalue weighted by molar-refractivity contribution is 6.30. The number of halogens is 1. The highest BCUT2D eigenvalue weighted by Gasteiger charge is 2.10. The van der Waals surface area contributed by atoms with Crippen LogP contribution in [0.15, 0.2) is 48.5 Å². The van der Waals surface area contributed by atoms with E-state index in [-0.39, 0.29) is 11.9 Å². The predicted molar refractivity (Wildman–Crippen MR) is 84.7 cm³/mol. The maximum atomic E-state index is 12.0. The van der Waals surface area contributed by atoms with Crippen LogP contribution < -0.4 is 10.1 Å². The van der Waals surface area contributed by atoms with E-state index in [1.807, 2.05) is 55.5 Å². The van der Waals surface area contributed by atoms with Crippen molar-refractivity contribution in [2.45, 2.75) is 19.4 Å². The Morgan fingerprint density at radius 3 is 2.33 bits per heavy atom. The van der Waals surface area contributed by atoms with Gasteiger partial charge in [0.05, 0.1) is 19.6 Å². The average molecular weight is 304 g/mol. The average Bonchev–Trinajstić information content (AvgIpc) is 2.48. The van der Waals surface area contributed by atoms with Gasteiger partial charge in [0.2, 0.25) is 5.91 Å². The Bertz CT molecular complexity index is 593. The van der Waals surface area contributed by atoms with Crippen molar-refractivity contribution in [3.63, 3.8) is 0 Å². The molecule has 0 fully saturated rings. The van der Waals surface area contributed by atoms with Gasteiger partial charge in [-0.25, -0.2) is 0 Å². The minimum atomic E-state index is -0.0481. The molecule has 0 aliphatic carbocycles. The number of carbonyl (C=O) groups excluding carboxylic acids is 1. The molecule has 3 nitrogen and oxygen atoms in total. The summed E-state index contributed by atoms with van der Waals surface area (Å²) >= 11 is 5.86. The molecule has 2 aromatic rings. The summed E-state index contributed by atoms with van der Waals surface area (Å²) in [6, 6.07) is 14.9. The molecule has 4 heteroatoms. The lowest BCUT2D eigenvalue weighted by atomic mass is 10.1. The second-order valence-corrected chi connectivity index (χ2v) is 5.30. The van der Waals surface area contributed by atoms with Gasteiger partial charge in [0, 0.05) is 5.02 Å². The number of hydrogen-bond donors (Lipinski definition) is 1. The monoisotopic (exact) mass is 303 g/mol. The molecule has 0 aliphatic heterocycles. The number of benzene rings is 2. The number of hydrogen-bond acceptors (Lipinski definition) is 2. The molecule has 2 rings (SSSR count). The molecule has 0 saturated carbocycles. The summed E-state index contributed by atoms with van der Waals surface area (Å²) in [5.74, 6) is 0.774.